The van der Waals surface area contributed by atoms with Crippen molar-refractivity contribution in [3.05, 3.63) is 132 Å². The van der Waals surface area contributed by atoms with Gasteiger partial charge in [-0.15, -0.1) is 0 Å². The summed E-state index contributed by atoms with van der Waals surface area (Å²) in [6, 6.07) is 35.3. The second-order valence-electron chi connectivity index (χ2n) is 14.6. The fourth-order valence-electron chi connectivity index (χ4n) is 6.82. The fourth-order valence-corrected chi connectivity index (χ4v) is 6.82. The molecule has 0 unspecified atom stereocenters. The number of benzene rings is 4. The summed E-state index contributed by atoms with van der Waals surface area (Å²) in [7, 11) is 1.20. The van der Waals surface area contributed by atoms with E-state index in [1.54, 1.807) is 19.2 Å². The molecular weight excluding hydrogens is 654 g/mol. The third-order valence-electron chi connectivity index (χ3n) is 10.6. The lowest BCUT2D eigenvalue weighted by Gasteiger charge is -2.34. The maximum Gasteiger partial charge on any atom is 0.498 e. The Balaban J connectivity index is 1.04. The molecule has 0 amide bonds. The van der Waals surface area contributed by atoms with Gasteiger partial charge in [0, 0.05) is 30.2 Å². The Morgan fingerprint density at radius 1 is 0.769 bits per heavy atom. The van der Waals surface area contributed by atoms with E-state index < -0.39 is 18.3 Å². The summed E-state index contributed by atoms with van der Waals surface area (Å²) in [6.45, 7) is 10.4. The smallest absolute Gasteiger partial charge is 0.497 e. The van der Waals surface area contributed by atoms with Crippen LogP contribution in [0.5, 0.6) is 17.5 Å². The van der Waals surface area contributed by atoms with Crippen LogP contribution < -0.4 is 24.6 Å². The highest BCUT2D eigenvalue weighted by Gasteiger charge is 2.52. The van der Waals surface area contributed by atoms with Crippen LogP contribution in [0.1, 0.15) is 63.1 Å². The minimum absolute atomic E-state index is 0.275. The molecule has 2 fully saturated rings. The van der Waals surface area contributed by atoms with Gasteiger partial charge in [0.15, 0.2) is 0 Å². The number of pyridine rings is 1. The largest absolute Gasteiger partial charge is 0.498 e. The van der Waals surface area contributed by atoms with E-state index in [-0.39, 0.29) is 5.82 Å². The van der Waals surface area contributed by atoms with E-state index in [0.29, 0.717) is 47.7 Å². The molecule has 0 spiro atoms. The molecule has 268 valence electrons. The zero-order valence-electron chi connectivity index (χ0n) is 30.6. The van der Waals surface area contributed by atoms with Crippen LogP contribution in [0.2, 0.25) is 0 Å². The third-order valence-corrected chi connectivity index (χ3v) is 10.6. The molecule has 2 saturated heterocycles. The minimum Gasteiger partial charge on any atom is -0.497 e. The lowest BCUT2D eigenvalue weighted by Crippen LogP contribution is -2.41. The maximum atomic E-state index is 15.9. The Morgan fingerprint density at radius 3 is 2.02 bits per heavy atom. The van der Waals surface area contributed by atoms with Gasteiger partial charge in [-0.05, 0) is 93.0 Å². The average molecular weight is 701 g/mol. The van der Waals surface area contributed by atoms with Crippen molar-refractivity contribution < 1.29 is 27.9 Å². The molecule has 0 atom stereocenters. The van der Waals surface area contributed by atoms with E-state index in [1.807, 2.05) is 78.9 Å². The van der Waals surface area contributed by atoms with Gasteiger partial charge >= 0.3 is 7.12 Å². The lowest BCUT2D eigenvalue weighted by molar-refractivity contribution is 0.00578. The number of ether oxygens (including phenoxy) is 3. The molecule has 4 aromatic carbocycles. The number of hydrogen-bond acceptors (Lipinski definition) is 7. The Hall–Kier alpha value is -4.86. The number of nitrogens with zero attached hydrogens (tertiary/aromatic N) is 2. The monoisotopic (exact) mass is 700 g/mol. The molecule has 3 heterocycles. The van der Waals surface area contributed by atoms with E-state index >= 15 is 4.39 Å². The second-order valence-corrected chi connectivity index (χ2v) is 14.6. The Bertz CT molecular complexity index is 1970. The predicted octanol–water partition coefficient (Wildman–Crippen LogP) is 8.74. The van der Waals surface area contributed by atoms with Crippen molar-refractivity contribution in [3.8, 4) is 28.6 Å². The van der Waals surface area contributed by atoms with Gasteiger partial charge in [0.2, 0.25) is 11.8 Å². The van der Waals surface area contributed by atoms with Gasteiger partial charge in [-0.25, -0.2) is 4.39 Å². The minimum atomic E-state index is -0.491. The Morgan fingerprint density at radius 2 is 1.40 bits per heavy atom. The fraction of sp³-hybridized carbons (Fsp3) is 0.326. The van der Waals surface area contributed by atoms with Gasteiger partial charge in [-0.1, -0.05) is 78.9 Å². The Kier molecular flexibility index (Phi) is 10.3. The van der Waals surface area contributed by atoms with Gasteiger partial charge in [0.1, 0.15) is 24.8 Å². The summed E-state index contributed by atoms with van der Waals surface area (Å²) < 4.78 is 46.6. The molecule has 2 aliphatic rings. The van der Waals surface area contributed by atoms with Crippen LogP contribution in [0, 0.1) is 5.82 Å². The molecule has 9 heteroatoms. The molecular formula is C43H46BFN2O5. The van der Waals surface area contributed by atoms with Crippen molar-refractivity contribution >= 4 is 18.3 Å². The van der Waals surface area contributed by atoms with Crippen molar-refractivity contribution in [2.45, 2.75) is 70.9 Å². The SMILES string of the molecule is COc1cc(C2CCN(c3ccc(-c4ccc(OCc5ccccc5)nc4OCc4ccccc4)cc3F)CC2)ccc1B1OC(C)(C)C(C)(C)O1. The molecule has 0 aliphatic carbocycles. The summed E-state index contributed by atoms with van der Waals surface area (Å²) in [6.07, 6.45) is 1.79. The summed E-state index contributed by atoms with van der Waals surface area (Å²) in [4.78, 5) is 6.85. The standard InChI is InChI=1S/C43H46BFN2O5/c1-42(2)43(3,4)52-44(51-42)36-19-16-33(27-39(36)48-5)32-22-24-47(25-23-32)38-20-17-34(26-37(38)45)35-18-21-40(49-28-30-12-8-6-9-13-30)46-41(35)50-29-31-14-10-7-11-15-31/h6-21,26-27,32H,22-25,28-29H2,1-5H3. The van der Waals surface area contributed by atoms with Crippen molar-refractivity contribution in [3.63, 3.8) is 0 Å². The van der Waals surface area contributed by atoms with Crippen molar-refractivity contribution in [1.82, 2.24) is 4.98 Å². The highest BCUT2D eigenvalue weighted by Crippen LogP contribution is 2.39. The maximum absolute atomic E-state index is 15.9. The van der Waals surface area contributed by atoms with Crippen LogP contribution in [0.25, 0.3) is 11.1 Å². The highest BCUT2D eigenvalue weighted by atomic mass is 19.1. The average Bonchev–Trinajstić information content (AvgIpc) is 3.39. The summed E-state index contributed by atoms with van der Waals surface area (Å²) in [5, 5.41) is 0. The van der Waals surface area contributed by atoms with Crippen LogP contribution in [0.15, 0.2) is 109 Å². The first kappa shape index (κ1) is 35.5. The third kappa shape index (κ3) is 7.66. The first-order chi connectivity index (χ1) is 25.1. The molecule has 0 N–H and O–H groups in total. The summed E-state index contributed by atoms with van der Waals surface area (Å²) in [5.74, 6) is 1.65. The van der Waals surface area contributed by atoms with E-state index in [1.165, 1.54) is 5.56 Å². The number of methoxy groups -OCH3 is 1. The van der Waals surface area contributed by atoms with Crippen LogP contribution in [-0.4, -0.2) is 43.5 Å². The molecule has 7 rings (SSSR count). The lowest BCUT2D eigenvalue weighted by atomic mass is 9.76. The van der Waals surface area contributed by atoms with E-state index in [4.69, 9.17) is 28.5 Å². The van der Waals surface area contributed by atoms with Crippen LogP contribution in [0.3, 0.4) is 0 Å². The Labute approximate surface area is 306 Å². The molecule has 5 aromatic rings. The molecule has 0 bridgehead atoms. The molecule has 7 nitrogen and oxygen atoms in total. The first-order valence-electron chi connectivity index (χ1n) is 18.0. The number of halogens is 1. The normalized spacial score (nSPS) is 16.9. The molecule has 0 radical (unpaired) electrons. The molecule has 1 aromatic heterocycles. The van der Waals surface area contributed by atoms with Gasteiger partial charge in [-0.3, -0.25) is 0 Å². The topological polar surface area (TPSA) is 62.3 Å². The van der Waals surface area contributed by atoms with E-state index in [2.05, 4.69) is 50.8 Å². The molecule has 0 saturated carbocycles. The van der Waals surface area contributed by atoms with Crippen molar-refractivity contribution in [2.75, 3.05) is 25.1 Å². The number of hydrogen-bond donors (Lipinski definition) is 0. The van der Waals surface area contributed by atoms with Crippen LogP contribution in [0.4, 0.5) is 10.1 Å². The van der Waals surface area contributed by atoms with E-state index in [0.717, 1.165) is 48.3 Å². The second kappa shape index (κ2) is 15.0. The van der Waals surface area contributed by atoms with Gasteiger partial charge in [-0.2, -0.15) is 4.98 Å². The highest BCUT2D eigenvalue weighted by molar-refractivity contribution is 6.63. The molecule has 52 heavy (non-hydrogen) atoms. The number of rotatable bonds is 11. The van der Waals surface area contributed by atoms with Gasteiger partial charge in [0.05, 0.1) is 24.0 Å². The number of aromatic nitrogens is 1. The first-order valence-corrected chi connectivity index (χ1v) is 18.0. The zero-order valence-corrected chi connectivity index (χ0v) is 30.6. The number of anilines is 1. The van der Waals surface area contributed by atoms with E-state index in [9.17, 15) is 0 Å². The van der Waals surface area contributed by atoms with Gasteiger partial charge < -0.3 is 28.4 Å². The van der Waals surface area contributed by atoms with Crippen LogP contribution >= 0.6 is 0 Å². The van der Waals surface area contributed by atoms with Crippen molar-refractivity contribution in [1.29, 1.82) is 0 Å². The predicted molar refractivity (Wildman–Crippen MR) is 204 cm³/mol. The summed E-state index contributed by atoms with van der Waals surface area (Å²) in [5.41, 5.74) is 5.27. The quantitative estimate of drug-likeness (QED) is 0.128. The number of piperidine rings is 1. The zero-order chi connectivity index (χ0) is 36.3. The molecule has 2 aliphatic heterocycles. The van der Waals surface area contributed by atoms with Crippen molar-refractivity contribution in [2.24, 2.45) is 0 Å². The van der Waals surface area contributed by atoms with Crippen LogP contribution in [-0.2, 0) is 22.5 Å². The summed E-state index contributed by atoms with van der Waals surface area (Å²) >= 11 is 0. The van der Waals surface area contributed by atoms with Gasteiger partial charge in [0.25, 0.3) is 0 Å².